The molecular formula is C14H21N3S. The number of hydrogen-bond acceptors (Lipinski definition) is 2. The molecule has 0 spiro atoms. The molecule has 1 aromatic rings. The van der Waals surface area contributed by atoms with Crippen LogP contribution in [0.2, 0.25) is 0 Å². The molecule has 0 aromatic carbocycles. The fourth-order valence-electron chi connectivity index (χ4n) is 2.56. The van der Waals surface area contributed by atoms with E-state index < -0.39 is 0 Å². The summed E-state index contributed by atoms with van der Waals surface area (Å²) in [6, 6.07) is 4.36. The largest absolute Gasteiger partial charge is 0.359 e. The number of hydrogen-bond donors (Lipinski definition) is 2. The Morgan fingerprint density at radius 2 is 2.22 bits per heavy atom. The monoisotopic (exact) mass is 263 g/mol. The maximum absolute atomic E-state index is 5.36. The van der Waals surface area contributed by atoms with Gasteiger partial charge in [0.05, 0.1) is 11.9 Å². The summed E-state index contributed by atoms with van der Waals surface area (Å²) in [6.45, 7) is 4.64. The van der Waals surface area contributed by atoms with Gasteiger partial charge in [0.2, 0.25) is 0 Å². The van der Waals surface area contributed by atoms with E-state index in [0.717, 1.165) is 11.6 Å². The van der Waals surface area contributed by atoms with E-state index in [9.17, 15) is 0 Å². The molecule has 98 valence electrons. The van der Waals surface area contributed by atoms with Crippen molar-refractivity contribution in [2.24, 2.45) is 11.8 Å². The maximum Gasteiger partial charge on any atom is 0.171 e. The summed E-state index contributed by atoms with van der Waals surface area (Å²) in [4.78, 5) is 4.06. The van der Waals surface area contributed by atoms with Gasteiger partial charge >= 0.3 is 0 Å². The number of aromatic nitrogens is 1. The summed E-state index contributed by atoms with van der Waals surface area (Å²) in [6.07, 6.45) is 7.37. The van der Waals surface area contributed by atoms with Gasteiger partial charge < -0.3 is 10.6 Å². The summed E-state index contributed by atoms with van der Waals surface area (Å²) >= 11 is 5.36. The summed E-state index contributed by atoms with van der Waals surface area (Å²) in [7, 11) is 0. The Balaban J connectivity index is 1.87. The third kappa shape index (κ3) is 3.42. The highest BCUT2D eigenvalue weighted by atomic mass is 32.1. The molecular weight excluding hydrogens is 242 g/mol. The number of nitrogens with zero attached hydrogens (tertiary/aromatic N) is 1. The molecule has 1 saturated carbocycles. The van der Waals surface area contributed by atoms with Gasteiger partial charge in [0.1, 0.15) is 0 Å². The van der Waals surface area contributed by atoms with E-state index in [0.29, 0.717) is 17.1 Å². The first kappa shape index (κ1) is 13.3. The molecule has 1 aliphatic rings. The molecule has 2 rings (SSSR count). The zero-order valence-electron chi connectivity index (χ0n) is 11.0. The van der Waals surface area contributed by atoms with E-state index in [2.05, 4.69) is 29.5 Å². The standard InChI is InChI=1S/C14H21N3S/c1-10-5-3-7-13(11(10)2)17-14(18)16-12-6-4-8-15-9-12/h4,6,8-11,13H,3,5,7H2,1-2H3,(H2,16,17,18). The second-order valence-corrected chi connectivity index (χ2v) is 5.62. The molecule has 1 aromatic heterocycles. The van der Waals surface area contributed by atoms with Crippen molar-refractivity contribution in [3.8, 4) is 0 Å². The third-order valence-electron chi connectivity index (χ3n) is 3.94. The molecule has 0 bridgehead atoms. The topological polar surface area (TPSA) is 37.0 Å². The highest BCUT2D eigenvalue weighted by Crippen LogP contribution is 2.29. The van der Waals surface area contributed by atoms with Gasteiger partial charge in [-0.15, -0.1) is 0 Å². The summed E-state index contributed by atoms with van der Waals surface area (Å²) in [5.74, 6) is 1.45. The number of nitrogens with one attached hydrogen (secondary N) is 2. The van der Waals surface area contributed by atoms with Crippen LogP contribution in [0.1, 0.15) is 33.1 Å². The normalized spacial score (nSPS) is 27.6. The summed E-state index contributed by atoms with van der Waals surface area (Å²) in [5, 5.41) is 7.33. The SMILES string of the molecule is CC1CCCC(NC(=S)Nc2cccnc2)C1C. The van der Waals surface area contributed by atoms with Crippen LogP contribution in [-0.2, 0) is 0 Å². The van der Waals surface area contributed by atoms with Crippen LogP contribution in [0, 0.1) is 11.8 Å². The van der Waals surface area contributed by atoms with Crippen LogP contribution >= 0.6 is 12.2 Å². The van der Waals surface area contributed by atoms with E-state index >= 15 is 0 Å². The fourth-order valence-corrected chi connectivity index (χ4v) is 2.83. The first-order valence-corrected chi connectivity index (χ1v) is 7.05. The Morgan fingerprint density at radius 3 is 2.94 bits per heavy atom. The molecule has 0 radical (unpaired) electrons. The number of anilines is 1. The Hall–Kier alpha value is -1.16. The molecule has 0 aliphatic heterocycles. The molecule has 3 nitrogen and oxygen atoms in total. The average Bonchev–Trinajstić information content (AvgIpc) is 2.36. The molecule has 1 aliphatic carbocycles. The second-order valence-electron chi connectivity index (χ2n) is 5.21. The molecule has 1 fully saturated rings. The van der Waals surface area contributed by atoms with Gasteiger partial charge in [0.25, 0.3) is 0 Å². The van der Waals surface area contributed by atoms with Gasteiger partial charge in [-0.05, 0) is 42.6 Å². The molecule has 1 heterocycles. The predicted octanol–water partition coefficient (Wildman–Crippen LogP) is 3.19. The van der Waals surface area contributed by atoms with Crippen molar-refractivity contribution >= 4 is 23.0 Å². The van der Waals surface area contributed by atoms with Gasteiger partial charge in [-0.2, -0.15) is 0 Å². The molecule has 3 unspecified atom stereocenters. The summed E-state index contributed by atoms with van der Waals surface area (Å²) < 4.78 is 0. The highest BCUT2D eigenvalue weighted by Gasteiger charge is 2.27. The number of rotatable bonds is 2. The van der Waals surface area contributed by atoms with Crippen molar-refractivity contribution in [2.45, 2.75) is 39.2 Å². The fraction of sp³-hybridized carbons (Fsp3) is 0.571. The van der Waals surface area contributed by atoms with Gasteiger partial charge in [-0.25, -0.2) is 0 Å². The molecule has 18 heavy (non-hydrogen) atoms. The van der Waals surface area contributed by atoms with Gasteiger partial charge in [0, 0.05) is 12.2 Å². The quantitative estimate of drug-likeness (QED) is 0.804. The van der Waals surface area contributed by atoms with Gasteiger partial charge in [-0.1, -0.05) is 26.7 Å². The van der Waals surface area contributed by atoms with E-state index in [1.807, 2.05) is 12.1 Å². The molecule has 3 atom stereocenters. The maximum atomic E-state index is 5.36. The van der Waals surface area contributed by atoms with Crippen molar-refractivity contribution in [1.82, 2.24) is 10.3 Å². The van der Waals surface area contributed by atoms with Crippen LogP contribution < -0.4 is 10.6 Å². The molecule has 0 amide bonds. The molecule has 0 saturated heterocycles. The average molecular weight is 263 g/mol. The molecule has 2 N–H and O–H groups in total. The lowest BCUT2D eigenvalue weighted by Crippen LogP contribution is -2.45. The van der Waals surface area contributed by atoms with Crippen LogP contribution in [0.4, 0.5) is 5.69 Å². The second kappa shape index (κ2) is 6.14. The number of thiocarbonyl (C=S) groups is 1. The van der Waals surface area contributed by atoms with Crippen LogP contribution in [0.5, 0.6) is 0 Å². The zero-order chi connectivity index (χ0) is 13.0. The van der Waals surface area contributed by atoms with Crippen LogP contribution in [0.25, 0.3) is 0 Å². The Morgan fingerprint density at radius 1 is 1.39 bits per heavy atom. The van der Waals surface area contributed by atoms with Crippen molar-refractivity contribution in [2.75, 3.05) is 5.32 Å². The zero-order valence-corrected chi connectivity index (χ0v) is 11.8. The summed E-state index contributed by atoms with van der Waals surface area (Å²) in [5.41, 5.74) is 0.937. The Labute approximate surface area is 114 Å². The Kier molecular flexibility index (Phi) is 4.53. The Bertz CT molecular complexity index is 393. The molecule has 4 heteroatoms. The van der Waals surface area contributed by atoms with E-state index in [1.165, 1.54) is 19.3 Å². The van der Waals surface area contributed by atoms with Gasteiger partial charge in [0.15, 0.2) is 5.11 Å². The van der Waals surface area contributed by atoms with Crippen molar-refractivity contribution < 1.29 is 0 Å². The van der Waals surface area contributed by atoms with Crippen LogP contribution in [0.15, 0.2) is 24.5 Å². The highest BCUT2D eigenvalue weighted by molar-refractivity contribution is 7.80. The van der Waals surface area contributed by atoms with E-state index in [1.54, 1.807) is 12.4 Å². The first-order valence-electron chi connectivity index (χ1n) is 6.64. The number of pyridine rings is 1. The van der Waals surface area contributed by atoms with E-state index in [4.69, 9.17) is 12.2 Å². The lowest BCUT2D eigenvalue weighted by atomic mass is 9.78. The van der Waals surface area contributed by atoms with Crippen LogP contribution in [0.3, 0.4) is 0 Å². The minimum atomic E-state index is 0.491. The predicted molar refractivity (Wildman–Crippen MR) is 79.6 cm³/mol. The van der Waals surface area contributed by atoms with Crippen molar-refractivity contribution in [3.05, 3.63) is 24.5 Å². The first-order chi connectivity index (χ1) is 8.66. The minimum Gasteiger partial charge on any atom is -0.359 e. The lowest BCUT2D eigenvalue weighted by molar-refractivity contribution is 0.225. The van der Waals surface area contributed by atoms with E-state index in [-0.39, 0.29) is 0 Å². The van der Waals surface area contributed by atoms with Crippen LogP contribution in [-0.4, -0.2) is 16.1 Å². The lowest BCUT2D eigenvalue weighted by Gasteiger charge is -2.35. The van der Waals surface area contributed by atoms with Gasteiger partial charge in [-0.3, -0.25) is 4.98 Å². The van der Waals surface area contributed by atoms with Crippen molar-refractivity contribution in [1.29, 1.82) is 0 Å². The van der Waals surface area contributed by atoms with Crippen molar-refractivity contribution in [3.63, 3.8) is 0 Å². The third-order valence-corrected chi connectivity index (χ3v) is 4.16. The smallest absolute Gasteiger partial charge is 0.171 e. The minimum absolute atomic E-state index is 0.491.